The second kappa shape index (κ2) is 4.94. The highest BCUT2D eigenvalue weighted by atomic mass is 35.5. The Labute approximate surface area is 109 Å². The molecule has 0 fully saturated rings. The van der Waals surface area contributed by atoms with E-state index in [2.05, 4.69) is 9.97 Å². The zero-order valence-corrected chi connectivity index (χ0v) is 11.1. The van der Waals surface area contributed by atoms with Gasteiger partial charge in [-0.05, 0) is 24.6 Å². The number of aromatic nitrogens is 2. The summed E-state index contributed by atoms with van der Waals surface area (Å²) >= 11 is 5.90. The number of fused-ring (bicyclic) bond motifs is 1. The van der Waals surface area contributed by atoms with Gasteiger partial charge in [0.05, 0.1) is 7.11 Å². The summed E-state index contributed by atoms with van der Waals surface area (Å²) in [6.45, 7) is 2.69. The maximum absolute atomic E-state index is 13.5. The van der Waals surface area contributed by atoms with Gasteiger partial charge >= 0.3 is 0 Å². The minimum atomic E-state index is -0.393. The van der Waals surface area contributed by atoms with Crippen LogP contribution in [0, 0.1) is 5.82 Å². The van der Waals surface area contributed by atoms with Gasteiger partial charge in [-0.15, -0.1) is 0 Å². The Hall–Kier alpha value is -1.62. The molecule has 1 heterocycles. The van der Waals surface area contributed by atoms with Crippen LogP contribution >= 0.6 is 11.6 Å². The molecule has 0 N–H and O–H groups in total. The van der Waals surface area contributed by atoms with Crippen LogP contribution in [0.5, 0.6) is 5.75 Å². The van der Waals surface area contributed by atoms with E-state index in [0.29, 0.717) is 22.5 Å². The van der Waals surface area contributed by atoms with Crippen LogP contribution in [-0.2, 0) is 0 Å². The fourth-order valence-corrected chi connectivity index (χ4v) is 1.89. The molecular formula is C12H13ClFN3O. The van der Waals surface area contributed by atoms with E-state index < -0.39 is 5.82 Å². The summed E-state index contributed by atoms with van der Waals surface area (Å²) < 4.78 is 18.7. The molecule has 0 radical (unpaired) electrons. The third kappa shape index (κ3) is 2.18. The fourth-order valence-electron chi connectivity index (χ4n) is 1.72. The molecule has 0 atom stereocenters. The van der Waals surface area contributed by atoms with Crippen LogP contribution in [0.25, 0.3) is 10.9 Å². The maximum Gasteiger partial charge on any atom is 0.225 e. The van der Waals surface area contributed by atoms with E-state index in [1.54, 1.807) is 0 Å². The lowest BCUT2D eigenvalue weighted by Crippen LogP contribution is -2.18. The zero-order valence-electron chi connectivity index (χ0n) is 10.4. The van der Waals surface area contributed by atoms with Crippen LogP contribution in [0.1, 0.15) is 6.92 Å². The molecule has 2 aromatic rings. The molecule has 0 aliphatic rings. The van der Waals surface area contributed by atoms with Gasteiger partial charge in [-0.25, -0.2) is 9.37 Å². The first kappa shape index (κ1) is 12.8. The summed E-state index contributed by atoms with van der Waals surface area (Å²) in [5.74, 6) is 0.543. The minimum Gasteiger partial charge on any atom is -0.494 e. The van der Waals surface area contributed by atoms with Crippen molar-refractivity contribution in [2.45, 2.75) is 6.92 Å². The number of halogens is 2. The van der Waals surface area contributed by atoms with Crippen molar-refractivity contribution >= 4 is 28.3 Å². The summed E-state index contributed by atoms with van der Waals surface area (Å²) in [5.41, 5.74) is 0.509. The van der Waals surface area contributed by atoms with E-state index in [0.717, 1.165) is 6.54 Å². The Bertz CT molecular complexity index is 591. The highest BCUT2D eigenvalue weighted by Crippen LogP contribution is 2.31. The number of ether oxygens (including phenoxy) is 1. The predicted molar refractivity (Wildman–Crippen MR) is 70.0 cm³/mol. The smallest absolute Gasteiger partial charge is 0.225 e. The number of anilines is 1. The molecule has 18 heavy (non-hydrogen) atoms. The Morgan fingerprint density at radius 1 is 1.39 bits per heavy atom. The minimum absolute atomic E-state index is 0.114. The Balaban J connectivity index is 2.82. The van der Waals surface area contributed by atoms with Gasteiger partial charge in [0.25, 0.3) is 0 Å². The van der Waals surface area contributed by atoms with E-state index in [4.69, 9.17) is 16.3 Å². The quantitative estimate of drug-likeness (QED) is 0.803. The van der Waals surface area contributed by atoms with E-state index in [1.165, 1.54) is 19.2 Å². The molecule has 1 aromatic heterocycles. The van der Waals surface area contributed by atoms with Gasteiger partial charge in [0.1, 0.15) is 22.9 Å². The number of hydrogen-bond acceptors (Lipinski definition) is 4. The molecule has 0 spiro atoms. The lowest BCUT2D eigenvalue weighted by Gasteiger charge is -2.18. The number of methoxy groups -OCH3 is 1. The normalized spacial score (nSPS) is 10.7. The van der Waals surface area contributed by atoms with Gasteiger partial charge in [-0.2, -0.15) is 4.98 Å². The first-order valence-corrected chi connectivity index (χ1v) is 5.86. The molecule has 0 bridgehead atoms. The summed E-state index contributed by atoms with van der Waals surface area (Å²) in [5, 5.41) is 0.698. The number of benzene rings is 1. The molecule has 96 valence electrons. The van der Waals surface area contributed by atoms with Gasteiger partial charge < -0.3 is 9.64 Å². The number of hydrogen-bond donors (Lipinski definition) is 0. The van der Waals surface area contributed by atoms with Crippen LogP contribution in [0.15, 0.2) is 12.1 Å². The van der Waals surface area contributed by atoms with Crippen molar-refractivity contribution in [3.05, 3.63) is 23.2 Å². The summed E-state index contributed by atoms with van der Waals surface area (Å²) in [6, 6.07) is 2.66. The fraction of sp³-hybridized carbons (Fsp3) is 0.333. The van der Waals surface area contributed by atoms with E-state index in [1.807, 2.05) is 18.9 Å². The molecule has 0 saturated heterocycles. The second-order valence-corrected chi connectivity index (χ2v) is 4.17. The van der Waals surface area contributed by atoms with Crippen molar-refractivity contribution in [3.63, 3.8) is 0 Å². The maximum atomic E-state index is 13.5. The molecule has 2 rings (SSSR count). The van der Waals surface area contributed by atoms with Gasteiger partial charge in [0, 0.05) is 25.0 Å². The van der Waals surface area contributed by atoms with Gasteiger partial charge in [0.2, 0.25) is 5.28 Å². The van der Waals surface area contributed by atoms with Crippen LogP contribution in [0.3, 0.4) is 0 Å². The van der Waals surface area contributed by atoms with Crippen molar-refractivity contribution in [2.24, 2.45) is 0 Å². The molecule has 0 aliphatic heterocycles. The molecule has 0 aliphatic carbocycles. The molecule has 6 heteroatoms. The van der Waals surface area contributed by atoms with Crippen molar-refractivity contribution in [3.8, 4) is 5.75 Å². The Morgan fingerprint density at radius 3 is 2.72 bits per heavy atom. The predicted octanol–water partition coefficient (Wildman–Crippen LogP) is 2.89. The van der Waals surface area contributed by atoms with E-state index in [9.17, 15) is 4.39 Å². The van der Waals surface area contributed by atoms with Crippen molar-refractivity contribution < 1.29 is 9.13 Å². The largest absolute Gasteiger partial charge is 0.494 e. The van der Waals surface area contributed by atoms with E-state index >= 15 is 0 Å². The standard InChI is InChI=1S/C12H13ClFN3O/c1-4-17(2)11-8-5-7(14)6-9(18-3)10(8)15-12(13)16-11/h5-6H,4H2,1-3H3. The molecule has 0 saturated carbocycles. The molecule has 0 unspecified atom stereocenters. The van der Waals surface area contributed by atoms with Crippen molar-refractivity contribution in [1.29, 1.82) is 0 Å². The Morgan fingerprint density at radius 2 is 2.11 bits per heavy atom. The summed E-state index contributed by atoms with van der Waals surface area (Å²) in [4.78, 5) is 10.1. The highest BCUT2D eigenvalue weighted by Gasteiger charge is 2.15. The van der Waals surface area contributed by atoms with Gasteiger partial charge in [0.15, 0.2) is 0 Å². The lowest BCUT2D eigenvalue weighted by atomic mass is 10.2. The average Bonchev–Trinajstić information content (AvgIpc) is 2.36. The summed E-state index contributed by atoms with van der Waals surface area (Å²) in [6.07, 6.45) is 0. The molecule has 0 amide bonds. The third-order valence-corrected chi connectivity index (χ3v) is 2.91. The van der Waals surface area contributed by atoms with Gasteiger partial charge in [-0.1, -0.05) is 0 Å². The highest BCUT2D eigenvalue weighted by molar-refractivity contribution is 6.29. The second-order valence-electron chi connectivity index (χ2n) is 3.83. The SMILES string of the molecule is CCN(C)c1nc(Cl)nc2c(OC)cc(F)cc12. The van der Waals surface area contributed by atoms with E-state index in [-0.39, 0.29) is 5.28 Å². The van der Waals surface area contributed by atoms with Crippen LogP contribution in [-0.4, -0.2) is 30.7 Å². The van der Waals surface area contributed by atoms with Crippen LogP contribution in [0.2, 0.25) is 5.28 Å². The molecule has 1 aromatic carbocycles. The third-order valence-electron chi connectivity index (χ3n) is 2.74. The lowest BCUT2D eigenvalue weighted by molar-refractivity contribution is 0.415. The molecular weight excluding hydrogens is 257 g/mol. The van der Waals surface area contributed by atoms with Gasteiger partial charge in [-0.3, -0.25) is 0 Å². The first-order chi connectivity index (χ1) is 8.56. The van der Waals surface area contributed by atoms with Crippen LogP contribution in [0.4, 0.5) is 10.2 Å². The summed E-state index contributed by atoms with van der Waals surface area (Å²) in [7, 11) is 3.32. The monoisotopic (exact) mass is 269 g/mol. The first-order valence-electron chi connectivity index (χ1n) is 5.48. The number of rotatable bonds is 3. The van der Waals surface area contributed by atoms with Crippen LogP contribution < -0.4 is 9.64 Å². The Kier molecular flexibility index (Phi) is 3.52. The molecule has 4 nitrogen and oxygen atoms in total. The van der Waals surface area contributed by atoms with Crippen molar-refractivity contribution in [1.82, 2.24) is 9.97 Å². The van der Waals surface area contributed by atoms with Crippen molar-refractivity contribution in [2.75, 3.05) is 25.6 Å². The topological polar surface area (TPSA) is 38.2 Å². The number of nitrogens with zero attached hydrogens (tertiary/aromatic N) is 3. The zero-order chi connectivity index (χ0) is 13.3. The average molecular weight is 270 g/mol.